The van der Waals surface area contributed by atoms with Gasteiger partial charge in [-0.15, -0.1) is 0 Å². The highest BCUT2D eigenvalue weighted by atomic mass is 79.9. The fraction of sp³-hybridized carbons (Fsp3) is 0.647. The molecule has 1 N–H and O–H groups in total. The predicted molar refractivity (Wildman–Crippen MR) is 86.1 cm³/mol. The lowest BCUT2D eigenvalue weighted by Crippen LogP contribution is -2.35. The summed E-state index contributed by atoms with van der Waals surface area (Å²) >= 11 is 3.62. The summed E-state index contributed by atoms with van der Waals surface area (Å²) in [4.78, 5) is 0. The second-order valence-corrected chi connectivity index (χ2v) is 7.41. The third-order valence-electron chi connectivity index (χ3n) is 5.00. The van der Waals surface area contributed by atoms with Gasteiger partial charge in [0.05, 0.1) is 6.61 Å². The largest absolute Gasteiger partial charge is 0.493 e. The molecule has 0 amide bonds. The molecular formula is C17H24BrNO. The average Bonchev–Trinajstić information content (AvgIpc) is 2.88. The van der Waals surface area contributed by atoms with Crippen molar-refractivity contribution >= 4 is 15.9 Å². The van der Waals surface area contributed by atoms with E-state index in [1.165, 1.54) is 34.9 Å². The van der Waals surface area contributed by atoms with Gasteiger partial charge >= 0.3 is 0 Å². The highest BCUT2D eigenvalue weighted by Crippen LogP contribution is 2.34. The zero-order valence-electron chi connectivity index (χ0n) is 12.4. The molecule has 110 valence electrons. The van der Waals surface area contributed by atoms with Crippen molar-refractivity contribution in [2.24, 2.45) is 11.8 Å². The molecule has 1 aliphatic carbocycles. The summed E-state index contributed by atoms with van der Waals surface area (Å²) in [6, 6.07) is 5.06. The Hall–Kier alpha value is -0.540. The second-order valence-electron chi connectivity index (χ2n) is 6.50. The first-order chi connectivity index (χ1) is 9.63. The van der Waals surface area contributed by atoms with Crippen molar-refractivity contribution in [2.75, 3.05) is 6.61 Å². The lowest BCUT2D eigenvalue weighted by Gasteiger charge is -2.32. The summed E-state index contributed by atoms with van der Waals surface area (Å²) in [6.07, 6.45) is 5.01. The van der Waals surface area contributed by atoms with Gasteiger partial charge in [-0.1, -0.05) is 29.8 Å². The van der Waals surface area contributed by atoms with Crippen LogP contribution in [0, 0.1) is 11.8 Å². The fourth-order valence-electron chi connectivity index (χ4n) is 3.46. The fourth-order valence-corrected chi connectivity index (χ4v) is 4.02. The maximum atomic E-state index is 5.80. The Bertz CT molecular complexity index is 488. The zero-order valence-corrected chi connectivity index (χ0v) is 14.0. The molecule has 1 aromatic carbocycles. The van der Waals surface area contributed by atoms with E-state index in [2.05, 4.69) is 47.2 Å². The van der Waals surface area contributed by atoms with Gasteiger partial charge in [-0.2, -0.15) is 0 Å². The first kappa shape index (κ1) is 14.4. The van der Waals surface area contributed by atoms with Crippen LogP contribution in [0.4, 0.5) is 0 Å². The van der Waals surface area contributed by atoms with Crippen LogP contribution in [0.2, 0.25) is 0 Å². The van der Waals surface area contributed by atoms with Crippen molar-refractivity contribution < 1.29 is 4.74 Å². The van der Waals surface area contributed by atoms with E-state index < -0.39 is 0 Å². The van der Waals surface area contributed by atoms with Gasteiger partial charge in [-0.05, 0) is 48.8 Å². The second kappa shape index (κ2) is 6.07. The molecule has 1 aromatic rings. The number of hydrogen-bond acceptors (Lipinski definition) is 2. The molecule has 2 nitrogen and oxygen atoms in total. The minimum Gasteiger partial charge on any atom is -0.493 e. The Morgan fingerprint density at radius 1 is 1.25 bits per heavy atom. The average molecular weight is 338 g/mol. The molecule has 2 aliphatic rings. The number of nitrogens with one attached hydrogen (secondary N) is 1. The van der Waals surface area contributed by atoms with Crippen molar-refractivity contribution in [2.45, 2.75) is 52.1 Å². The van der Waals surface area contributed by atoms with Crippen molar-refractivity contribution in [3.05, 3.63) is 27.7 Å². The first-order valence-corrected chi connectivity index (χ1v) is 8.60. The number of hydrogen-bond donors (Lipinski definition) is 1. The number of rotatable bonds is 3. The molecule has 0 saturated heterocycles. The van der Waals surface area contributed by atoms with Crippen molar-refractivity contribution in [1.29, 1.82) is 0 Å². The number of ether oxygens (including phenoxy) is 1. The van der Waals surface area contributed by atoms with Crippen molar-refractivity contribution in [3.8, 4) is 5.75 Å². The normalized spacial score (nSPS) is 29.1. The predicted octanol–water partition coefficient (Wildman–Crippen LogP) is 4.30. The van der Waals surface area contributed by atoms with E-state index in [0.29, 0.717) is 6.04 Å². The van der Waals surface area contributed by atoms with Crippen LogP contribution >= 0.6 is 15.9 Å². The van der Waals surface area contributed by atoms with Crippen LogP contribution in [-0.4, -0.2) is 12.6 Å². The molecule has 1 saturated carbocycles. The first-order valence-electron chi connectivity index (χ1n) is 7.81. The monoisotopic (exact) mass is 337 g/mol. The van der Waals surface area contributed by atoms with Crippen LogP contribution < -0.4 is 10.1 Å². The SMILES string of the molecule is CC1CCC(NCc2cc(Br)cc3c2OCC3)CC1C. The van der Waals surface area contributed by atoms with Gasteiger partial charge < -0.3 is 10.1 Å². The van der Waals surface area contributed by atoms with Gasteiger partial charge in [-0.3, -0.25) is 0 Å². The van der Waals surface area contributed by atoms with Crippen LogP contribution in [0.25, 0.3) is 0 Å². The third-order valence-corrected chi connectivity index (χ3v) is 5.46. The van der Waals surface area contributed by atoms with E-state index in [1.54, 1.807) is 0 Å². The highest BCUT2D eigenvalue weighted by molar-refractivity contribution is 9.10. The van der Waals surface area contributed by atoms with Crippen LogP contribution in [0.1, 0.15) is 44.2 Å². The van der Waals surface area contributed by atoms with Gasteiger partial charge in [0.1, 0.15) is 5.75 Å². The Morgan fingerprint density at radius 3 is 2.90 bits per heavy atom. The summed E-state index contributed by atoms with van der Waals surface area (Å²) in [6.45, 7) is 6.53. The Morgan fingerprint density at radius 2 is 2.10 bits per heavy atom. The summed E-state index contributed by atoms with van der Waals surface area (Å²) in [7, 11) is 0. The van der Waals surface area contributed by atoms with E-state index in [9.17, 15) is 0 Å². The third kappa shape index (κ3) is 3.04. The van der Waals surface area contributed by atoms with E-state index in [4.69, 9.17) is 4.74 Å². The van der Waals surface area contributed by atoms with Crippen molar-refractivity contribution in [3.63, 3.8) is 0 Å². The van der Waals surface area contributed by atoms with Crippen LogP contribution in [0.3, 0.4) is 0 Å². The number of halogens is 1. The summed E-state index contributed by atoms with van der Waals surface area (Å²) in [5.41, 5.74) is 2.65. The molecular weight excluding hydrogens is 314 g/mol. The van der Waals surface area contributed by atoms with Gasteiger partial charge in [0.2, 0.25) is 0 Å². The lowest BCUT2D eigenvalue weighted by atomic mass is 9.79. The summed E-state index contributed by atoms with van der Waals surface area (Å²) in [5, 5.41) is 3.74. The van der Waals surface area contributed by atoms with Crippen LogP contribution in [-0.2, 0) is 13.0 Å². The molecule has 1 heterocycles. The lowest BCUT2D eigenvalue weighted by molar-refractivity contribution is 0.225. The Kier molecular flexibility index (Phi) is 4.37. The molecule has 1 fully saturated rings. The Labute approximate surface area is 130 Å². The topological polar surface area (TPSA) is 21.3 Å². The zero-order chi connectivity index (χ0) is 14.1. The van der Waals surface area contributed by atoms with E-state index >= 15 is 0 Å². The number of fused-ring (bicyclic) bond motifs is 1. The van der Waals surface area contributed by atoms with E-state index in [0.717, 1.165) is 37.2 Å². The molecule has 0 bridgehead atoms. The van der Waals surface area contributed by atoms with E-state index in [-0.39, 0.29) is 0 Å². The summed E-state index contributed by atoms with van der Waals surface area (Å²) in [5.74, 6) is 2.84. The quantitative estimate of drug-likeness (QED) is 0.887. The molecule has 0 radical (unpaired) electrons. The molecule has 1 aliphatic heterocycles. The standard InChI is InChI=1S/C17H24BrNO/c1-11-3-4-16(7-12(11)2)19-10-14-9-15(18)8-13-5-6-20-17(13)14/h8-9,11-12,16,19H,3-7,10H2,1-2H3. The van der Waals surface area contributed by atoms with Crippen LogP contribution in [0.5, 0.6) is 5.75 Å². The molecule has 0 spiro atoms. The van der Waals surface area contributed by atoms with Gasteiger partial charge in [-0.25, -0.2) is 0 Å². The van der Waals surface area contributed by atoms with E-state index in [1.807, 2.05) is 0 Å². The summed E-state index contributed by atoms with van der Waals surface area (Å²) < 4.78 is 6.97. The van der Waals surface area contributed by atoms with Gasteiger partial charge in [0.25, 0.3) is 0 Å². The molecule has 20 heavy (non-hydrogen) atoms. The molecule has 0 aromatic heterocycles. The number of benzene rings is 1. The minimum absolute atomic E-state index is 0.664. The van der Waals surface area contributed by atoms with Gasteiger partial charge in [0, 0.05) is 29.0 Å². The van der Waals surface area contributed by atoms with Crippen LogP contribution in [0.15, 0.2) is 16.6 Å². The molecule has 3 rings (SSSR count). The highest BCUT2D eigenvalue weighted by Gasteiger charge is 2.25. The molecule has 3 unspecified atom stereocenters. The Balaban J connectivity index is 1.64. The smallest absolute Gasteiger partial charge is 0.127 e. The molecule has 3 heteroatoms. The van der Waals surface area contributed by atoms with Crippen molar-refractivity contribution in [1.82, 2.24) is 5.32 Å². The maximum Gasteiger partial charge on any atom is 0.127 e. The minimum atomic E-state index is 0.664. The maximum absolute atomic E-state index is 5.80. The molecule has 3 atom stereocenters. The van der Waals surface area contributed by atoms with Gasteiger partial charge in [0.15, 0.2) is 0 Å².